The van der Waals surface area contributed by atoms with Crippen LogP contribution in [0.5, 0.6) is 11.5 Å². The van der Waals surface area contributed by atoms with E-state index in [1.54, 1.807) is 81.7 Å². The molecule has 68 heavy (non-hydrogen) atoms. The van der Waals surface area contributed by atoms with Crippen molar-refractivity contribution < 1.29 is 38.9 Å². The summed E-state index contributed by atoms with van der Waals surface area (Å²) in [5, 5.41) is 27.2. The molecule has 1 saturated heterocycles. The van der Waals surface area contributed by atoms with E-state index < -0.39 is 60.5 Å². The number of halogens is 2. The number of aliphatic hydroxyl groups is 2. The molecule has 1 aliphatic rings. The van der Waals surface area contributed by atoms with E-state index in [1.165, 1.54) is 28.7 Å². The molecule has 0 saturated carbocycles. The number of rotatable bonds is 11. The topological polar surface area (TPSA) is 187 Å². The van der Waals surface area contributed by atoms with Gasteiger partial charge in [0.1, 0.15) is 35.5 Å². The van der Waals surface area contributed by atoms with Gasteiger partial charge in [0, 0.05) is 73.8 Å². The molecule has 6 rings (SSSR count). The summed E-state index contributed by atoms with van der Waals surface area (Å²) in [5.41, 5.74) is 3.70. The second-order valence-corrected chi connectivity index (χ2v) is 18.3. The molecule has 4 aromatic carbocycles. The van der Waals surface area contributed by atoms with Gasteiger partial charge < -0.3 is 44.9 Å². The number of hydrogen-bond donors (Lipinski definition) is 4. The minimum atomic E-state index is -1.44. The molecule has 1 aromatic heterocycles. The number of amides is 5. The lowest BCUT2D eigenvalue weighted by Crippen LogP contribution is -2.57. The Hall–Kier alpha value is -6.26. The zero-order chi connectivity index (χ0) is 49.2. The van der Waals surface area contributed by atoms with Gasteiger partial charge >= 0.3 is 0 Å². The summed E-state index contributed by atoms with van der Waals surface area (Å²) in [7, 11) is 4.96. The van der Waals surface area contributed by atoms with Gasteiger partial charge in [-0.3, -0.25) is 24.0 Å². The van der Waals surface area contributed by atoms with Gasteiger partial charge in [-0.05, 0) is 93.3 Å². The Morgan fingerprint density at radius 2 is 1.47 bits per heavy atom. The van der Waals surface area contributed by atoms with E-state index in [1.807, 2.05) is 54.1 Å². The van der Waals surface area contributed by atoms with Gasteiger partial charge in [-0.15, -0.1) is 0 Å². The van der Waals surface area contributed by atoms with Crippen molar-refractivity contribution in [1.29, 1.82) is 0 Å². The number of nitrogens with zero attached hydrogens (tertiary/aromatic N) is 5. The normalized spacial score (nSPS) is 20.9. The first-order chi connectivity index (χ1) is 32.4. The van der Waals surface area contributed by atoms with Gasteiger partial charge in [-0.25, -0.2) is 4.98 Å². The summed E-state index contributed by atoms with van der Waals surface area (Å²) in [6.07, 6.45) is 0.951. The molecule has 0 aliphatic carbocycles. The van der Waals surface area contributed by atoms with Crippen LogP contribution < -0.4 is 15.4 Å². The minimum Gasteiger partial charge on any atom is -0.457 e. The Kier molecular flexibility index (Phi) is 17.4. The van der Waals surface area contributed by atoms with Crippen LogP contribution in [0.25, 0.3) is 11.3 Å². The summed E-state index contributed by atoms with van der Waals surface area (Å²) < 4.78 is 8.22. The van der Waals surface area contributed by atoms with Gasteiger partial charge in [0.15, 0.2) is 0 Å². The fourth-order valence-corrected chi connectivity index (χ4v) is 8.51. The van der Waals surface area contributed by atoms with Crippen LogP contribution in [0, 0.1) is 5.92 Å². The zero-order valence-electron chi connectivity index (χ0n) is 39.1. The molecule has 0 bridgehead atoms. The number of likely N-dealkylation sites (N-methyl/N-ethyl adjacent to an activating group) is 2. The standard InChI is InChI=1S/C51H59Cl2N7O8/c1-31-27-54-46(63)26-41(23-35-12-17-39(52)18-13-35)58(5)51(67)43(30-61)56-49(65)32(2)60(47(64)24-38(50(66)57(31)4)22-34-10-8-7-9-11-34)29-37-14-19-40(53)25-45(37)68-42-20-15-36(16-21-42)44-28-55-48(33(3)62)59(44)6/h7-21,25,28,31-33,38,41,43,61-62H,22-24,26-27,29-30H2,1-6H3,(H,54,63)(H,56,65)/t31-,32-,33?,38+,41-,43-/m0/s1. The molecule has 1 unspecified atom stereocenters. The van der Waals surface area contributed by atoms with E-state index >= 15 is 0 Å². The van der Waals surface area contributed by atoms with Crippen LogP contribution in [0.3, 0.4) is 0 Å². The summed E-state index contributed by atoms with van der Waals surface area (Å²) in [5.74, 6) is -2.27. The SMILES string of the molecule is CC(O)c1ncc(-c2ccc(Oc3cc(Cl)ccc3CN3C(=O)C[C@@H](Cc4ccccc4)C(=O)N(C)[C@@H](C)CNC(=O)C[C@H](Cc4ccc(Cl)cc4)N(C)C(=O)[C@H](CO)NC(=O)[C@@H]3C)cc2)n1C. The van der Waals surface area contributed by atoms with Crippen molar-refractivity contribution in [3.8, 4) is 22.8 Å². The predicted molar refractivity (Wildman–Crippen MR) is 260 cm³/mol. The van der Waals surface area contributed by atoms with E-state index in [0.717, 1.165) is 22.4 Å². The largest absolute Gasteiger partial charge is 0.457 e. The lowest BCUT2D eigenvalue weighted by molar-refractivity contribution is -0.146. The third-order valence-electron chi connectivity index (χ3n) is 12.5. The summed E-state index contributed by atoms with van der Waals surface area (Å²) >= 11 is 12.7. The monoisotopic (exact) mass is 967 g/mol. The molecule has 0 radical (unpaired) electrons. The third-order valence-corrected chi connectivity index (χ3v) is 13.0. The van der Waals surface area contributed by atoms with Crippen molar-refractivity contribution in [1.82, 2.24) is 34.9 Å². The lowest BCUT2D eigenvalue weighted by Gasteiger charge is -2.35. The number of hydrogen-bond acceptors (Lipinski definition) is 9. The molecule has 0 spiro atoms. The van der Waals surface area contributed by atoms with Gasteiger partial charge in [0.2, 0.25) is 29.5 Å². The quantitative estimate of drug-likeness (QED) is 0.121. The summed E-state index contributed by atoms with van der Waals surface area (Å²) in [6, 6.07) is 24.6. The molecule has 5 amide bonds. The first-order valence-corrected chi connectivity index (χ1v) is 23.2. The molecule has 2 heterocycles. The smallest absolute Gasteiger partial charge is 0.247 e. The fourth-order valence-electron chi connectivity index (χ4n) is 8.23. The number of nitrogens with one attached hydrogen (secondary N) is 2. The number of imidazole rings is 1. The molecular formula is C51H59Cl2N7O8. The minimum absolute atomic E-state index is 0.0895. The Morgan fingerprint density at radius 1 is 0.809 bits per heavy atom. The molecule has 5 aromatic rings. The van der Waals surface area contributed by atoms with Crippen LogP contribution in [0.4, 0.5) is 0 Å². The Balaban J connectivity index is 1.35. The van der Waals surface area contributed by atoms with Crippen LogP contribution in [0.1, 0.15) is 62.2 Å². The van der Waals surface area contributed by atoms with Crippen LogP contribution >= 0.6 is 23.2 Å². The molecule has 4 N–H and O–H groups in total. The summed E-state index contributed by atoms with van der Waals surface area (Å²) in [4.78, 5) is 80.1. The first kappa shape index (κ1) is 51.1. The predicted octanol–water partition coefficient (Wildman–Crippen LogP) is 6.12. The molecule has 1 fully saturated rings. The Morgan fingerprint density at radius 3 is 2.12 bits per heavy atom. The Bertz CT molecular complexity index is 2560. The zero-order valence-corrected chi connectivity index (χ0v) is 40.6. The molecule has 6 atom stereocenters. The van der Waals surface area contributed by atoms with E-state index in [-0.39, 0.29) is 50.6 Å². The Labute approximate surface area is 407 Å². The van der Waals surface area contributed by atoms with Gasteiger partial charge in [-0.1, -0.05) is 71.7 Å². The molecule has 1 aliphatic heterocycles. The second-order valence-electron chi connectivity index (χ2n) is 17.4. The van der Waals surface area contributed by atoms with Gasteiger partial charge in [-0.2, -0.15) is 0 Å². The molecule has 360 valence electrons. The van der Waals surface area contributed by atoms with E-state index in [0.29, 0.717) is 32.9 Å². The van der Waals surface area contributed by atoms with E-state index in [9.17, 15) is 34.2 Å². The first-order valence-electron chi connectivity index (χ1n) is 22.5. The van der Waals surface area contributed by atoms with E-state index in [4.69, 9.17) is 27.9 Å². The number of aromatic nitrogens is 2. The van der Waals surface area contributed by atoms with Crippen LogP contribution in [-0.2, 0) is 50.4 Å². The number of aliphatic hydroxyl groups excluding tert-OH is 2. The van der Waals surface area contributed by atoms with Crippen molar-refractivity contribution in [2.75, 3.05) is 27.2 Å². The van der Waals surface area contributed by atoms with Crippen molar-refractivity contribution in [2.45, 2.75) is 83.3 Å². The number of ether oxygens (including phenoxy) is 1. The highest BCUT2D eigenvalue weighted by molar-refractivity contribution is 6.31. The number of carbonyl (C=O) groups is 5. The van der Waals surface area contributed by atoms with Gasteiger partial charge in [0.25, 0.3) is 0 Å². The van der Waals surface area contributed by atoms with Crippen LogP contribution in [0.15, 0.2) is 103 Å². The van der Waals surface area contributed by atoms with Crippen molar-refractivity contribution in [2.24, 2.45) is 13.0 Å². The maximum absolute atomic E-state index is 14.9. The van der Waals surface area contributed by atoms with Gasteiger partial charge in [0.05, 0.1) is 31.0 Å². The molecular weight excluding hydrogens is 910 g/mol. The highest BCUT2D eigenvalue weighted by Crippen LogP contribution is 2.33. The number of carbonyl (C=O) groups excluding carboxylic acids is 5. The molecule has 15 nitrogen and oxygen atoms in total. The highest BCUT2D eigenvalue weighted by Gasteiger charge is 2.36. The average Bonchev–Trinajstić information content (AvgIpc) is 3.72. The molecule has 17 heteroatoms. The highest BCUT2D eigenvalue weighted by atomic mass is 35.5. The van der Waals surface area contributed by atoms with Crippen LogP contribution in [-0.4, -0.2) is 115 Å². The van der Waals surface area contributed by atoms with Crippen molar-refractivity contribution >= 4 is 52.7 Å². The van der Waals surface area contributed by atoms with Crippen molar-refractivity contribution in [3.05, 3.63) is 136 Å². The third kappa shape index (κ3) is 12.8. The fraction of sp³-hybridized carbons (Fsp3) is 0.373. The maximum atomic E-state index is 14.9. The summed E-state index contributed by atoms with van der Waals surface area (Å²) in [6.45, 7) is 4.09. The second kappa shape index (κ2) is 23.2. The maximum Gasteiger partial charge on any atom is 0.247 e. The number of benzene rings is 4. The average molecular weight is 969 g/mol. The van der Waals surface area contributed by atoms with E-state index in [2.05, 4.69) is 15.6 Å². The lowest BCUT2D eigenvalue weighted by atomic mass is 9.93. The van der Waals surface area contributed by atoms with Crippen molar-refractivity contribution in [3.63, 3.8) is 0 Å². The van der Waals surface area contributed by atoms with Crippen LogP contribution in [0.2, 0.25) is 10.0 Å².